The molecule has 1 aliphatic rings. The molecule has 0 aromatic carbocycles. The van der Waals surface area contributed by atoms with Crippen LogP contribution >= 0.6 is 0 Å². The summed E-state index contributed by atoms with van der Waals surface area (Å²) in [5.41, 5.74) is 0.633. The van der Waals surface area contributed by atoms with E-state index in [1.807, 2.05) is 4.68 Å². The molecule has 1 aliphatic heterocycles. The van der Waals surface area contributed by atoms with Crippen molar-refractivity contribution >= 4 is 0 Å². The van der Waals surface area contributed by atoms with E-state index in [1.165, 1.54) is 13.5 Å². The van der Waals surface area contributed by atoms with Crippen LogP contribution in [0.4, 0.5) is 4.39 Å². The average molecular weight is 305 g/mol. The average Bonchev–Trinajstić information content (AvgIpc) is 3.03. The van der Waals surface area contributed by atoms with Gasteiger partial charge >= 0.3 is 0 Å². The highest BCUT2D eigenvalue weighted by molar-refractivity contribution is 5.23. The Labute approximate surface area is 128 Å². The van der Waals surface area contributed by atoms with Crippen molar-refractivity contribution in [2.75, 3.05) is 20.2 Å². The lowest BCUT2D eigenvalue weighted by molar-refractivity contribution is 0.151. The summed E-state index contributed by atoms with van der Waals surface area (Å²) in [7, 11) is 1.43. The third-order valence-electron chi connectivity index (χ3n) is 4.04. The molecule has 2 aromatic heterocycles. The summed E-state index contributed by atoms with van der Waals surface area (Å²) in [6.07, 6.45) is 7.17. The molecule has 6 nitrogen and oxygen atoms in total. The molecule has 0 N–H and O–H groups in total. The molecule has 3 rings (SSSR count). The fourth-order valence-corrected chi connectivity index (χ4v) is 3.00. The van der Waals surface area contributed by atoms with Gasteiger partial charge in [0.25, 0.3) is 0 Å². The first-order chi connectivity index (χ1) is 10.8. The van der Waals surface area contributed by atoms with E-state index in [0.717, 1.165) is 26.1 Å². The van der Waals surface area contributed by atoms with Crippen LogP contribution < -0.4 is 4.74 Å². The molecule has 7 heteroatoms. The molecule has 2 aromatic rings. The standard InChI is InChI=1S/C15H20FN5O/c1-22-15-14(16)13(4-5-18-15)9-20-6-2-3-12(7-20)8-21-11-17-10-19-21/h4-5,10-12H,2-3,6-9H2,1H3. The van der Waals surface area contributed by atoms with Crippen LogP contribution in [-0.2, 0) is 13.1 Å². The Bertz CT molecular complexity index is 604. The molecular weight excluding hydrogens is 285 g/mol. The Morgan fingerprint density at radius 2 is 2.36 bits per heavy atom. The van der Waals surface area contributed by atoms with E-state index in [0.29, 0.717) is 18.0 Å². The fraction of sp³-hybridized carbons (Fsp3) is 0.533. The van der Waals surface area contributed by atoms with Crippen LogP contribution in [0.5, 0.6) is 5.88 Å². The van der Waals surface area contributed by atoms with Gasteiger partial charge in [0.15, 0.2) is 5.82 Å². The summed E-state index contributed by atoms with van der Waals surface area (Å²) in [6, 6.07) is 1.72. The maximum absolute atomic E-state index is 14.2. The normalized spacial score (nSPS) is 19.3. The second-order valence-corrected chi connectivity index (χ2v) is 5.65. The maximum atomic E-state index is 14.2. The third-order valence-corrected chi connectivity index (χ3v) is 4.04. The lowest BCUT2D eigenvalue weighted by Gasteiger charge is -2.32. The number of pyridine rings is 1. The van der Waals surface area contributed by atoms with Gasteiger partial charge in [-0.05, 0) is 31.4 Å². The number of hydrogen-bond acceptors (Lipinski definition) is 5. The van der Waals surface area contributed by atoms with E-state index < -0.39 is 0 Å². The van der Waals surface area contributed by atoms with Crippen molar-refractivity contribution in [1.82, 2.24) is 24.6 Å². The van der Waals surface area contributed by atoms with Crippen LogP contribution in [-0.4, -0.2) is 44.8 Å². The second kappa shape index (κ2) is 6.83. The number of likely N-dealkylation sites (tertiary alicyclic amines) is 1. The minimum atomic E-state index is -0.358. The van der Waals surface area contributed by atoms with Gasteiger partial charge < -0.3 is 4.74 Å². The molecule has 0 aliphatic carbocycles. The van der Waals surface area contributed by atoms with Crippen LogP contribution in [0.15, 0.2) is 24.9 Å². The molecule has 0 bridgehead atoms. The van der Waals surface area contributed by atoms with Crippen molar-refractivity contribution < 1.29 is 9.13 Å². The highest BCUT2D eigenvalue weighted by Crippen LogP contribution is 2.23. The van der Waals surface area contributed by atoms with Gasteiger partial charge in [0.2, 0.25) is 5.88 Å². The monoisotopic (exact) mass is 305 g/mol. The van der Waals surface area contributed by atoms with Gasteiger partial charge in [0.05, 0.1) is 7.11 Å². The molecule has 22 heavy (non-hydrogen) atoms. The Balaban J connectivity index is 1.63. The van der Waals surface area contributed by atoms with Crippen LogP contribution in [0.1, 0.15) is 18.4 Å². The summed E-state index contributed by atoms with van der Waals surface area (Å²) in [5.74, 6) is 0.222. The number of ether oxygens (including phenoxy) is 1. The molecule has 3 heterocycles. The zero-order valence-electron chi connectivity index (χ0n) is 12.7. The smallest absolute Gasteiger partial charge is 0.250 e. The Morgan fingerprint density at radius 1 is 1.45 bits per heavy atom. The summed E-state index contributed by atoms with van der Waals surface area (Å²) in [5, 5.41) is 4.16. The minimum Gasteiger partial charge on any atom is -0.479 e. The van der Waals surface area contributed by atoms with E-state index in [4.69, 9.17) is 4.74 Å². The van der Waals surface area contributed by atoms with Crippen molar-refractivity contribution in [2.45, 2.75) is 25.9 Å². The van der Waals surface area contributed by atoms with Crippen molar-refractivity contribution in [3.8, 4) is 5.88 Å². The predicted molar refractivity (Wildman–Crippen MR) is 78.8 cm³/mol. The minimum absolute atomic E-state index is 0.0636. The first-order valence-electron chi connectivity index (χ1n) is 7.48. The molecule has 1 saturated heterocycles. The molecule has 1 unspecified atom stereocenters. The van der Waals surface area contributed by atoms with Crippen molar-refractivity contribution in [2.24, 2.45) is 5.92 Å². The SMILES string of the molecule is COc1nccc(CN2CCCC(Cn3cncn3)C2)c1F. The van der Waals surface area contributed by atoms with Gasteiger partial charge in [-0.25, -0.2) is 14.4 Å². The van der Waals surface area contributed by atoms with Crippen molar-refractivity contribution in [1.29, 1.82) is 0 Å². The van der Waals surface area contributed by atoms with Crippen molar-refractivity contribution in [3.05, 3.63) is 36.3 Å². The molecule has 0 spiro atoms. The van der Waals surface area contributed by atoms with E-state index in [1.54, 1.807) is 24.9 Å². The lowest BCUT2D eigenvalue weighted by atomic mass is 9.97. The number of piperidine rings is 1. The molecular formula is C15H20FN5O. The van der Waals surface area contributed by atoms with E-state index in [-0.39, 0.29) is 11.7 Å². The van der Waals surface area contributed by atoms with Gasteiger partial charge in [0, 0.05) is 31.4 Å². The number of aromatic nitrogens is 4. The summed E-state index contributed by atoms with van der Waals surface area (Å²) in [4.78, 5) is 10.1. The van der Waals surface area contributed by atoms with Crippen LogP contribution in [0, 0.1) is 11.7 Å². The number of hydrogen-bond donors (Lipinski definition) is 0. The molecule has 0 radical (unpaired) electrons. The van der Waals surface area contributed by atoms with Crippen LogP contribution in [0.3, 0.4) is 0 Å². The topological polar surface area (TPSA) is 56.1 Å². The van der Waals surface area contributed by atoms with Gasteiger partial charge in [-0.1, -0.05) is 0 Å². The first kappa shape index (κ1) is 14.9. The third kappa shape index (κ3) is 3.41. The first-order valence-corrected chi connectivity index (χ1v) is 7.48. The van der Waals surface area contributed by atoms with Gasteiger partial charge in [-0.2, -0.15) is 5.10 Å². The molecule has 1 fully saturated rings. The summed E-state index contributed by atoms with van der Waals surface area (Å²) >= 11 is 0. The highest BCUT2D eigenvalue weighted by atomic mass is 19.1. The quantitative estimate of drug-likeness (QED) is 0.842. The zero-order chi connectivity index (χ0) is 15.4. The number of nitrogens with zero attached hydrogens (tertiary/aromatic N) is 5. The largest absolute Gasteiger partial charge is 0.479 e. The van der Waals surface area contributed by atoms with Gasteiger partial charge in [-0.3, -0.25) is 9.58 Å². The molecule has 1 atom stereocenters. The highest BCUT2D eigenvalue weighted by Gasteiger charge is 2.22. The molecule has 118 valence electrons. The second-order valence-electron chi connectivity index (χ2n) is 5.65. The Kier molecular flexibility index (Phi) is 4.62. The maximum Gasteiger partial charge on any atom is 0.250 e. The fourth-order valence-electron chi connectivity index (χ4n) is 3.00. The van der Waals surface area contributed by atoms with Gasteiger partial charge in [-0.15, -0.1) is 0 Å². The summed E-state index contributed by atoms with van der Waals surface area (Å²) in [6.45, 7) is 3.36. The van der Waals surface area contributed by atoms with Gasteiger partial charge in [0.1, 0.15) is 12.7 Å². The Morgan fingerprint density at radius 3 is 3.14 bits per heavy atom. The summed E-state index contributed by atoms with van der Waals surface area (Å²) < 4.78 is 21.0. The number of methoxy groups -OCH3 is 1. The van der Waals surface area contributed by atoms with Crippen molar-refractivity contribution in [3.63, 3.8) is 0 Å². The molecule has 0 amide bonds. The number of halogens is 1. The molecule has 0 saturated carbocycles. The Hall–Kier alpha value is -2.02. The van der Waals surface area contributed by atoms with Crippen LogP contribution in [0.2, 0.25) is 0 Å². The lowest BCUT2D eigenvalue weighted by Crippen LogP contribution is -2.36. The van der Waals surface area contributed by atoms with E-state index in [2.05, 4.69) is 20.0 Å². The zero-order valence-corrected chi connectivity index (χ0v) is 12.7. The van der Waals surface area contributed by atoms with E-state index >= 15 is 0 Å². The predicted octanol–water partition coefficient (Wildman–Crippen LogP) is 1.73. The number of rotatable bonds is 5. The van der Waals surface area contributed by atoms with Crippen LogP contribution in [0.25, 0.3) is 0 Å². The van der Waals surface area contributed by atoms with E-state index in [9.17, 15) is 4.39 Å².